The van der Waals surface area contributed by atoms with Crippen molar-refractivity contribution in [1.82, 2.24) is 0 Å². The molecule has 11 unspecified atom stereocenters. The lowest BCUT2D eigenvalue weighted by molar-refractivity contribution is -0.212. The highest BCUT2D eigenvalue weighted by molar-refractivity contribution is 5.85. The molecule has 8 rings (SSSR count). The standard InChI is InChI=1S/C33H46O9/c1-18(2)23-11-33-9-6-24-31(3,7-5-8-32(24,4)30(36)42-17-21-14-39-21)25(33)10-22(23)26(28(34)40-15-19-12-37-19)27(33)29(35)41-16-20-13-38-20/h11,18-22,24-27H,5-10,12-17H2,1-4H3. The van der Waals surface area contributed by atoms with Crippen LogP contribution in [0.3, 0.4) is 0 Å². The number of carbonyl (C=O) groups excluding carboxylic acids is 3. The maximum atomic E-state index is 14.1. The van der Waals surface area contributed by atoms with Crippen molar-refractivity contribution in [2.24, 2.45) is 51.8 Å². The van der Waals surface area contributed by atoms with Crippen molar-refractivity contribution in [3.63, 3.8) is 0 Å². The summed E-state index contributed by atoms with van der Waals surface area (Å²) in [6.07, 6.45) is 7.38. The number of hydrogen-bond acceptors (Lipinski definition) is 9. The zero-order chi connectivity index (χ0) is 29.4. The maximum absolute atomic E-state index is 14.1. The van der Waals surface area contributed by atoms with E-state index in [4.69, 9.17) is 28.4 Å². The van der Waals surface area contributed by atoms with Crippen molar-refractivity contribution in [3.8, 4) is 0 Å². The third kappa shape index (κ3) is 4.73. The van der Waals surface area contributed by atoms with Gasteiger partial charge in [0.05, 0.1) is 37.1 Å². The van der Waals surface area contributed by atoms with Gasteiger partial charge in [-0.05, 0) is 68.1 Å². The Labute approximate surface area is 248 Å². The number of carbonyl (C=O) groups is 3. The molecule has 5 aliphatic carbocycles. The van der Waals surface area contributed by atoms with E-state index in [0.717, 1.165) is 38.5 Å². The Hall–Kier alpha value is -1.97. The molecule has 3 saturated heterocycles. The van der Waals surface area contributed by atoms with Gasteiger partial charge >= 0.3 is 17.9 Å². The predicted molar refractivity (Wildman–Crippen MR) is 149 cm³/mol. The van der Waals surface area contributed by atoms with Gasteiger partial charge in [-0.1, -0.05) is 38.8 Å². The number of ether oxygens (including phenoxy) is 6. The normalized spacial score (nSPS) is 46.2. The summed E-state index contributed by atoms with van der Waals surface area (Å²) in [5.74, 6) is -1.55. The molecule has 6 fully saturated rings. The topological polar surface area (TPSA) is 116 Å². The van der Waals surface area contributed by atoms with Crippen LogP contribution in [0.2, 0.25) is 0 Å². The first-order chi connectivity index (χ1) is 20.1. The summed E-state index contributed by atoms with van der Waals surface area (Å²) in [7, 11) is 0. The second-order valence-corrected chi connectivity index (χ2v) is 14.9. The van der Waals surface area contributed by atoms with Crippen LogP contribution in [0.4, 0.5) is 0 Å². The molecule has 0 aromatic heterocycles. The van der Waals surface area contributed by atoms with Crippen LogP contribution in [-0.4, -0.2) is 75.9 Å². The summed E-state index contributed by atoms with van der Waals surface area (Å²) in [5, 5.41) is 0. The summed E-state index contributed by atoms with van der Waals surface area (Å²) in [4.78, 5) is 41.7. The fourth-order valence-electron chi connectivity index (χ4n) is 9.88. The van der Waals surface area contributed by atoms with E-state index in [1.165, 1.54) is 5.57 Å². The van der Waals surface area contributed by atoms with Crippen LogP contribution in [0.1, 0.15) is 66.2 Å². The number of hydrogen-bond donors (Lipinski definition) is 0. The molecule has 9 nitrogen and oxygen atoms in total. The quantitative estimate of drug-likeness (QED) is 0.163. The van der Waals surface area contributed by atoms with E-state index in [9.17, 15) is 14.4 Å². The van der Waals surface area contributed by atoms with Crippen molar-refractivity contribution in [2.45, 2.75) is 84.5 Å². The van der Waals surface area contributed by atoms with E-state index < -0.39 is 22.7 Å². The molecule has 0 aromatic rings. The molecule has 0 N–H and O–H groups in total. The first kappa shape index (κ1) is 28.8. The maximum Gasteiger partial charge on any atom is 0.312 e. The van der Waals surface area contributed by atoms with Crippen molar-refractivity contribution >= 4 is 17.9 Å². The van der Waals surface area contributed by atoms with Crippen LogP contribution >= 0.6 is 0 Å². The molecule has 3 aliphatic heterocycles. The van der Waals surface area contributed by atoms with Crippen molar-refractivity contribution < 1.29 is 42.8 Å². The van der Waals surface area contributed by atoms with Gasteiger partial charge in [-0.15, -0.1) is 0 Å². The Balaban J connectivity index is 1.25. The third-order valence-electron chi connectivity index (χ3n) is 12.1. The zero-order valence-corrected chi connectivity index (χ0v) is 25.4. The van der Waals surface area contributed by atoms with Crippen molar-refractivity contribution in [1.29, 1.82) is 0 Å². The minimum Gasteiger partial charge on any atom is -0.463 e. The highest BCUT2D eigenvalue weighted by atomic mass is 16.6. The van der Waals surface area contributed by atoms with Crippen LogP contribution < -0.4 is 0 Å². The summed E-state index contributed by atoms with van der Waals surface area (Å²) < 4.78 is 33.5. The summed E-state index contributed by atoms with van der Waals surface area (Å²) >= 11 is 0. The summed E-state index contributed by atoms with van der Waals surface area (Å²) in [6, 6.07) is 0. The molecule has 0 aromatic carbocycles. The Kier molecular flexibility index (Phi) is 7.06. The van der Waals surface area contributed by atoms with E-state index in [0.29, 0.717) is 26.4 Å². The predicted octanol–water partition coefficient (Wildman–Crippen LogP) is 3.87. The molecule has 3 heterocycles. The summed E-state index contributed by atoms with van der Waals surface area (Å²) in [6.45, 7) is 11.4. The van der Waals surface area contributed by atoms with Crippen molar-refractivity contribution in [2.75, 3.05) is 39.6 Å². The fourth-order valence-corrected chi connectivity index (χ4v) is 9.88. The van der Waals surface area contributed by atoms with Gasteiger partial charge in [-0.25, -0.2) is 0 Å². The van der Waals surface area contributed by atoms with Gasteiger partial charge in [0.1, 0.15) is 38.1 Å². The average Bonchev–Trinajstić information content (AvgIpc) is 3.80. The highest BCUT2D eigenvalue weighted by Crippen LogP contribution is 2.73. The molecule has 3 saturated carbocycles. The molecular weight excluding hydrogens is 540 g/mol. The lowest BCUT2D eigenvalue weighted by Gasteiger charge is -2.69. The van der Waals surface area contributed by atoms with E-state index in [1.54, 1.807) is 0 Å². The average molecular weight is 587 g/mol. The van der Waals surface area contributed by atoms with Crippen LogP contribution in [0.15, 0.2) is 11.6 Å². The van der Waals surface area contributed by atoms with Gasteiger partial charge in [-0.3, -0.25) is 14.4 Å². The van der Waals surface area contributed by atoms with Gasteiger partial charge in [0.25, 0.3) is 0 Å². The number of allylic oxidation sites excluding steroid dienone is 2. The molecule has 0 radical (unpaired) electrons. The molecule has 42 heavy (non-hydrogen) atoms. The van der Waals surface area contributed by atoms with Gasteiger partial charge in [-0.2, -0.15) is 0 Å². The van der Waals surface area contributed by atoms with E-state index >= 15 is 0 Å². The van der Waals surface area contributed by atoms with Crippen LogP contribution in [0.25, 0.3) is 0 Å². The van der Waals surface area contributed by atoms with E-state index in [-0.39, 0.29) is 78.5 Å². The smallest absolute Gasteiger partial charge is 0.312 e. The molecule has 2 bridgehead atoms. The van der Waals surface area contributed by atoms with Crippen LogP contribution in [-0.2, 0) is 42.8 Å². The molecule has 8 aliphatic rings. The van der Waals surface area contributed by atoms with Gasteiger partial charge in [0.2, 0.25) is 0 Å². The number of fused-ring (bicyclic) bond motifs is 2. The van der Waals surface area contributed by atoms with Gasteiger partial charge < -0.3 is 28.4 Å². The Morgan fingerprint density at radius 1 is 0.857 bits per heavy atom. The molecule has 0 amide bonds. The molecular formula is C33H46O9. The highest BCUT2D eigenvalue weighted by Gasteiger charge is 2.71. The largest absolute Gasteiger partial charge is 0.463 e. The van der Waals surface area contributed by atoms with Crippen LogP contribution in [0, 0.1) is 51.8 Å². The third-order valence-corrected chi connectivity index (χ3v) is 12.1. The second-order valence-electron chi connectivity index (χ2n) is 14.9. The number of epoxide rings is 3. The van der Waals surface area contributed by atoms with E-state index in [2.05, 4.69) is 33.8 Å². The Bertz CT molecular complexity index is 1150. The summed E-state index contributed by atoms with van der Waals surface area (Å²) in [5.41, 5.74) is -0.0563. The number of rotatable bonds is 10. The molecule has 11 atom stereocenters. The van der Waals surface area contributed by atoms with Crippen LogP contribution in [0.5, 0.6) is 0 Å². The Morgan fingerprint density at radius 3 is 2.05 bits per heavy atom. The van der Waals surface area contributed by atoms with Gasteiger partial charge in [0, 0.05) is 5.41 Å². The minimum absolute atomic E-state index is 0.0341. The molecule has 232 valence electrons. The first-order valence-corrected chi connectivity index (χ1v) is 16.1. The number of esters is 3. The lowest BCUT2D eigenvalue weighted by atomic mass is 9.34. The first-order valence-electron chi connectivity index (χ1n) is 16.1. The van der Waals surface area contributed by atoms with Crippen molar-refractivity contribution in [3.05, 3.63) is 11.6 Å². The van der Waals surface area contributed by atoms with E-state index in [1.807, 2.05) is 0 Å². The second kappa shape index (κ2) is 10.3. The zero-order valence-electron chi connectivity index (χ0n) is 25.4. The minimum atomic E-state index is -0.625. The Morgan fingerprint density at radius 2 is 1.45 bits per heavy atom. The molecule has 9 heteroatoms. The fraction of sp³-hybridized carbons (Fsp3) is 0.848. The molecule has 1 spiro atoms. The SMILES string of the molecule is CC(C)C1=CC23CCC4C(C)(C(=O)OCC5CO5)CCCC4(C)C2CC1C(C(=O)OCC1CO1)C3C(=O)OCC1CO1. The van der Waals surface area contributed by atoms with Gasteiger partial charge in [0.15, 0.2) is 0 Å². The monoisotopic (exact) mass is 586 g/mol. The lowest BCUT2D eigenvalue weighted by Crippen LogP contribution is -2.67.